The topological polar surface area (TPSA) is 50.9 Å². The van der Waals surface area contributed by atoms with Crippen LogP contribution in [0, 0.1) is 13.8 Å². The Hall–Kier alpha value is -1.23. The van der Waals surface area contributed by atoms with Crippen molar-refractivity contribution in [1.82, 2.24) is 10.4 Å². The van der Waals surface area contributed by atoms with Crippen molar-refractivity contribution in [2.24, 2.45) is 5.84 Å². The molecular weight excluding hydrogens is 302 g/mol. The molecule has 2 aromatic rings. The van der Waals surface area contributed by atoms with Gasteiger partial charge in [0.15, 0.2) is 0 Å². The summed E-state index contributed by atoms with van der Waals surface area (Å²) in [5.41, 5.74) is 7.61. The first-order valence-corrected chi connectivity index (χ1v) is 7.02. The Labute approximate surface area is 122 Å². The van der Waals surface area contributed by atoms with E-state index in [1.807, 2.05) is 12.1 Å². The maximum atomic E-state index is 5.67. The molecule has 19 heavy (non-hydrogen) atoms. The molecule has 1 aromatic carbocycles. The van der Waals surface area contributed by atoms with Gasteiger partial charge in [-0.15, -0.1) is 0 Å². The third-order valence-electron chi connectivity index (χ3n) is 3.03. The number of hydrogen-bond acceptors (Lipinski definition) is 3. The molecule has 3 nitrogen and oxygen atoms in total. The lowest BCUT2D eigenvalue weighted by molar-refractivity contribution is 0.538. The summed E-state index contributed by atoms with van der Waals surface area (Å²) in [6.45, 7) is 4.22. The van der Waals surface area contributed by atoms with Crippen molar-refractivity contribution in [2.45, 2.75) is 26.3 Å². The number of rotatable bonds is 4. The van der Waals surface area contributed by atoms with Crippen LogP contribution in [0.5, 0.6) is 0 Å². The zero-order valence-corrected chi connectivity index (χ0v) is 12.7. The highest BCUT2D eigenvalue weighted by Crippen LogP contribution is 2.19. The van der Waals surface area contributed by atoms with Gasteiger partial charge in [0.1, 0.15) is 0 Å². The van der Waals surface area contributed by atoms with Gasteiger partial charge in [0.2, 0.25) is 0 Å². The highest BCUT2D eigenvalue weighted by atomic mass is 79.9. The molecule has 0 aliphatic heterocycles. The largest absolute Gasteiger partial charge is 0.271 e. The van der Waals surface area contributed by atoms with E-state index in [4.69, 9.17) is 5.84 Å². The number of halogens is 1. The molecule has 1 unspecified atom stereocenters. The molecule has 0 bridgehead atoms. The Kier molecular flexibility index (Phi) is 4.69. The lowest BCUT2D eigenvalue weighted by Gasteiger charge is -2.16. The molecule has 1 heterocycles. The van der Waals surface area contributed by atoms with E-state index in [0.717, 1.165) is 16.6 Å². The molecule has 1 aromatic heterocycles. The Balaban J connectivity index is 2.21. The van der Waals surface area contributed by atoms with Crippen molar-refractivity contribution in [2.75, 3.05) is 0 Å². The van der Waals surface area contributed by atoms with E-state index >= 15 is 0 Å². The monoisotopic (exact) mass is 319 g/mol. The van der Waals surface area contributed by atoms with Gasteiger partial charge in [0.25, 0.3) is 0 Å². The van der Waals surface area contributed by atoms with Crippen molar-refractivity contribution in [3.8, 4) is 0 Å². The van der Waals surface area contributed by atoms with E-state index in [2.05, 4.69) is 58.4 Å². The third kappa shape index (κ3) is 3.86. The zero-order chi connectivity index (χ0) is 13.8. The van der Waals surface area contributed by atoms with Crippen LogP contribution in [0.4, 0.5) is 0 Å². The summed E-state index contributed by atoms with van der Waals surface area (Å²) in [5.74, 6) is 5.67. The predicted molar refractivity (Wildman–Crippen MR) is 81.6 cm³/mol. The molecule has 0 saturated carbocycles. The molecule has 0 radical (unpaired) electrons. The Bertz CT molecular complexity index is 532. The first-order chi connectivity index (χ1) is 9.08. The number of nitrogens with one attached hydrogen (secondary N) is 1. The minimum Gasteiger partial charge on any atom is -0.271 e. The van der Waals surface area contributed by atoms with Gasteiger partial charge < -0.3 is 0 Å². The van der Waals surface area contributed by atoms with Gasteiger partial charge in [-0.05, 0) is 53.9 Å². The van der Waals surface area contributed by atoms with E-state index in [-0.39, 0.29) is 6.04 Å². The molecule has 4 heteroatoms. The fourth-order valence-electron chi connectivity index (χ4n) is 2.26. The number of aromatic nitrogens is 1. The Morgan fingerprint density at radius 3 is 2.42 bits per heavy atom. The predicted octanol–water partition coefficient (Wildman–Crippen LogP) is 3.21. The molecule has 0 aliphatic rings. The summed E-state index contributed by atoms with van der Waals surface area (Å²) in [6, 6.07) is 10.5. The summed E-state index contributed by atoms with van der Waals surface area (Å²) in [4.78, 5) is 4.40. The van der Waals surface area contributed by atoms with Crippen LogP contribution in [0.3, 0.4) is 0 Å². The van der Waals surface area contributed by atoms with E-state index in [1.54, 1.807) is 6.20 Å². The lowest BCUT2D eigenvalue weighted by Crippen LogP contribution is -2.30. The average Bonchev–Trinajstić information content (AvgIpc) is 2.36. The minimum absolute atomic E-state index is 0.0225. The minimum atomic E-state index is 0.0225. The van der Waals surface area contributed by atoms with Gasteiger partial charge in [-0.25, -0.2) is 0 Å². The Morgan fingerprint density at radius 1 is 1.21 bits per heavy atom. The molecule has 2 rings (SSSR count). The second-order valence-corrected chi connectivity index (χ2v) is 5.74. The number of benzene rings is 1. The van der Waals surface area contributed by atoms with E-state index in [1.165, 1.54) is 16.7 Å². The molecule has 0 aliphatic carbocycles. The second-order valence-electron chi connectivity index (χ2n) is 4.82. The van der Waals surface area contributed by atoms with Crippen LogP contribution in [0.1, 0.15) is 28.4 Å². The number of nitrogens with two attached hydrogens (primary N) is 1. The van der Waals surface area contributed by atoms with Gasteiger partial charge in [-0.3, -0.25) is 16.3 Å². The van der Waals surface area contributed by atoms with Crippen LogP contribution >= 0.6 is 15.9 Å². The van der Waals surface area contributed by atoms with Crippen LogP contribution < -0.4 is 11.3 Å². The number of nitrogens with zero attached hydrogens (tertiary/aromatic N) is 1. The van der Waals surface area contributed by atoms with Crippen LogP contribution in [0.25, 0.3) is 0 Å². The van der Waals surface area contributed by atoms with Crippen molar-refractivity contribution >= 4 is 15.9 Å². The molecule has 0 amide bonds. The highest BCUT2D eigenvalue weighted by molar-refractivity contribution is 9.10. The first-order valence-electron chi connectivity index (χ1n) is 6.23. The number of hydrogen-bond donors (Lipinski definition) is 2. The molecule has 3 N–H and O–H groups in total. The molecule has 1 atom stereocenters. The fraction of sp³-hybridized carbons (Fsp3) is 0.267. The van der Waals surface area contributed by atoms with Gasteiger partial charge in [0.05, 0.1) is 11.7 Å². The fourth-order valence-corrected chi connectivity index (χ4v) is 2.50. The number of hydrazine groups is 1. The van der Waals surface area contributed by atoms with Crippen LogP contribution in [0.15, 0.2) is 41.0 Å². The molecule has 100 valence electrons. The number of aryl methyl sites for hydroxylation is 2. The molecule has 0 saturated heterocycles. The third-order valence-corrected chi connectivity index (χ3v) is 3.50. The van der Waals surface area contributed by atoms with Gasteiger partial charge >= 0.3 is 0 Å². The molecule has 0 spiro atoms. The van der Waals surface area contributed by atoms with Crippen molar-refractivity contribution < 1.29 is 0 Å². The van der Waals surface area contributed by atoms with Crippen molar-refractivity contribution in [1.29, 1.82) is 0 Å². The quantitative estimate of drug-likeness (QED) is 0.672. The maximum absolute atomic E-state index is 5.67. The average molecular weight is 320 g/mol. The molecular formula is C15H18BrN3. The highest BCUT2D eigenvalue weighted by Gasteiger charge is 2.12. The molecule has 0 fully saturated rings. The van der Waals surface area contributed by atoms with Crippen LogP contribution in [-0.2, 0) is 6.42 Å². The normalized spacial score (nSPS) is 12.4. The van der Waals surface area contributed by atoms with Gasteiger partial charge in [0, 0.05) is 10.7 Å². The second kappa shape index (κ2) is 6.28. The van der Waals surface area contributed by atoms with Crippen LogP contribution in [0.2, 0.25) is 0 Å². The summed E-state index contributed by atoms with van der Waals surface area (Å²) < 4.78 is 0.971. The summed E-state index contributed by atoms with van der Waals surface area (Å²) >= 11 is 3.39. The van der Waals surface area contributed by atoms with Crippen molar-refractivity contribution in [3.63, 3.8) is 0 Å². The Morgan fingerprint density at radius 2 is 1.89 bits per heavy atom. The SMILES string of the molecule is Cc1cc(C)cc(CC(NN)c2ccc(Br)cn2)c1. The smallest absolute Gasteiger partial charge is 0.0672 e. The van der Waals surface area contributed by atoms with E-state index < -0.39 is 0 Å². The summed E-state index contributed by atoms with van der Waals surface area (Å²) in [5, 5.41) is 0. The lowest BCUT2D eigenvalue weighted by atomic mass is 9.99. The van der Waals surface area contributed by atoms with Crippen LogP contribution in [-0.4, -0.2) is 4.98 Å². The van der Waals surface area contributed by atoms with Crippen molar-refractivity contribution in [3.05, 3.63) is 63.4 Å². The van der Waals surface area contributed by atoms with Gasteiger partial charge in [-0.1, -0.05) is 29.3 Å². The number of pyridine rings is 1. The van der Waals surface area contributed by atoms with E-state index in [9.17, 15) is 0 Å². The summed E-state index contributed by atoms with van der Waals surface area (Å²) in [6.07, 6.45) is 2.62. The van der Waals surface area contributed by atoms with E-state index in [0.29, 0.717) is 0 Å². The standard InChI is InChI=1S/C15H18BrN3/c1-10-5-11(2)7-12(6-10)8-15(19-17)14-4-3-13(16)9-18-14/h3-7,9,15,19H,8,17H2,1-2H3. The zero-order valence-electron chi connectivity index (χ0n) is 11.2. The first kappa shape index (κ1) is 14.2. The maximum Gasteiger partial charge on any atom is 0.0672 e. The van der Waals surface area contributed by atoms with Gasteiger partial charge in [-0.2, -0.15) is 0 Å². The summed E-state index contributed by atoms with van der Waals surface area (Å²) in [7, 11) is 0.